The molecule has 10 unspecified atom stereocenters. The van der Waals surface area contributed by atoms with Gasteiger partial charge in [-0.25, -0.2) is 0 Å². The molecule has 40 heavy (non-hydrogen) atoms. The summed E-state index contributed by atoms with van der Waals surface area (Å²) in [6.45, 7) is 12.0. The van der Waals surface area contributed by atoms with Gasteiger partial charge in [0.25, 0.3) is 0 Å². The van der Waals surface area contributed by atoms with Crippen LogP contribution in [0.25, 0.3) is 0 Å². The molecule has 0 aromatic heterocycles. The number of carbonyl (C=O) groups is 3. The van der Waals surface area contributed by atoms with Gasteiger partial charge in [-0.1, -0.05) is 60.0 Å². The van der Waals surface area contributed by atoms with E-state index in [9.17, 15) is 29.9 Å². The maximum Gasteiger partial charge on any atom is 0.310 e. The number of carbonyl (C=O) groups excluding carboxylic acids is 2. The van der Waals surface area contributed by atoms with Crippen LogP contribution in [0.2, 0.25) is 0 Å². The van der Waals surface area contributed by atoms with E-state index < -0.39 is 40.0 Å². The second-order valence-corrected chi connectivity index (χ2v) is 12.7. The molecule has 224 valence electrons. The topological polar surface area (TPSA) is 125 Å². The van der Waals surface area contributed by atoms with E-state index in [1.54, 1.807) is 6.08 Å². The lowest BCUT2D eigenvalue weighted by Crippen LogP contribution is -2.65. The molecular formula is C33H51NO6. The summed E-state index contributed by atoms with van der Waals surface area (Å²) in [5.74, 6) is -3.02. The van der Waals surface area contributed by atoms with Crippen LogP contribution in [0.3, 0.4) is 0 Å². The van der Waals surface area contributed by atoms with Crippen LogP contribution in [0.4, 0.5) is 0 Å². The number of carboxylic acids is 1. The number of rotatable bonds is 3. The van der Waals surface area contributed by atoms with Crippen molar-refractivity contribution >= 4 is 17.7 Å². The van der Waals surface area contributed by atoms with Gasteiger partial charge in [0, 0.05) is 17.9 Å². The Labute approximate surface area is 240 Å². The van der Waals surface area contributed by atoms with E-state index >= 15 is 0 Å². The Morgan fingerprint density at radius 3 is 2.33 bits per heavy atom. The van der Waals surface area contributed by atoms with Gasteiger partial charge in [0.2, 0.25) is 0 Å². The Kier molecular flexibility index (Phi) is 9.98. The van der Waals surface area contributed by atoms with Crippen molar-refractivity contribution in [3.05, 3.63) is 11.6 Å². The number of fused-ring (bicyclic) bond motifs is 7. The number of ether oxygens (including phenoxy) is 1. The molecule has 7 heteroatoms. The smallest absolute Gasteiger partial charge is 0.310 e. The number of methoxy groups -OCH3 is 1. The van der Waals surface area contributed by atoms with Crippen molar-refractivity contribution in [3.8, 4) is 6.07 Å². The van der Waals surface area contributed by atoms with Gasteiger partial charge in [0.05, 0.1) is 30.4 Å². The largest absolute Gasteiger partial charge is 0.481 e. The third-order valence-corrected chi connectivity index (χ3v) is 11.7. The Hall–Kier alpha value is -2.20. The van der Waals surface area contributed by atoms with Gasteiger partial charge in [-0.2, -0.15) is 5.26 Å². The molecule has 0 bridgehead atoms. The quantitative estimate of drug-likeness (QED) is 0.396. The second kappa shape index (κ2) is 12.3. The summed E-state index contributed by atoms with van der Waals surface area (Å²) in [5.41, 5.74) is -0.911. The van der Waals surface area contributed by atoms with Crippen molar-refractivity contribution in [2.45, 2.75) is 99.3 Å². The van der Waals surface area contributed by atoms with Gasteiger partial charge in [-0.15, -0.1) is 0 Å². The Morgan fingerprint density at radius 1 is 1.07 bits per heavy atom. The minimum Gasteiger partial charge on any atom is -0.481 e. The number of aliphatic hydroxyl groups excluding tert-OH is 1. The van der Waals surface area contributed by atoms with Crippen LogP contribution in [0, 0.1) is 69.0 Å². The van der Waals surface area contributed by atoms with Crippen molar-refractivity contribution in [2.75, 3.05) is 13.7 Å². The van der Waals surface area contributed by atoms with E-state index in [0.29, 0.717) is 19.3 Å². The van der Waals surface area contributed by atoms with Crippen molar-refractivity contribution in [1.82, 2.24) is 0 Å². The number of hydrogen-bond donors (Lipinski definition) is 2. The van der Waals surface area contributed by atoms with Crippen LogP contribution >= 0.6 is 0 Å². The minimum atomic E-state index is -0.773. The first-order chi connectivity index (χ1) is 19.1. The molecule has 0 radical (unpaired) electrons. The van der Waals surface area contributed by atoms with Crippen molar-refractivity contribution in [2.24, 2.45) is 57.7 Å². The van der Waals surface area contributed by atoms with Crippen molar-refractivity contribution in [3.63, 3.8) is 0 Å². The van der Waals surface area contributed by atoms with Crippen LogP contribution in [0.1, 0.15) is 99.3 Å². The normalized spacial score (nSPS) is 43.2. The van der Waals surface area contributed by atoms with Crippen LogP contribution in [-0.4, -0.2) is 41.7 Å². The first kappa shape index (κ1) is 32.3. The van der Waals surface area contributed by atoms with Gasteiger partial charge >= 0.3 is 11.9 Å². The molecular weight excluding hydrogens is 506 g/mol. The van der Waals surface area contributed by atoms with Crippen LogP contribution in [0.15, 0.2) is 11.6 Å². The monoisotopic (exact) mass is 557 g/mol. The van der Waals surface area contributed by atoms with E-state index in [4.69, 9.17) is 4.74 Å². The lowest BCUT2D eigenvalue weighted by atomic mass is 9.37. The molecule has 5 aliphatic carbocycles. The zero-order valence-electron chi connectivity index (χ0n) is 25.7. The predicted molar refractivity (Wildman–Crippen MR) is 153 cm³/mol. The molecule has 0 aliphatic heterocycles. The minimum absolute atomic E-state index is 0.0188. The second-order valence-electron chi connectivity index (χ2n) is 12.7. The van der Waals surface area contributed by atoms with E-state index in [1.165, 1.54) is 7.11 Å². The highest BCUT2D eigenvalue weighted by molar-refractivity contribution is 5.95. The fourth-order valence-electron chi connectivity index (χ4n) is 10.2. The summed E-state index contributed by atoms with van der Waals surface area (Å²) in [6.07, 6.45) is 8.38. The molecule has 0 heterocycles. The number of allylic oxidation sites excluding steroid dienone is 2. The van der Waals surface area contributed by atoms with E-state index in [0.717, 1.165) is 44.1 Å². The lowest BCUT2D eigenvalue weighted by Gasteiger charge is -2.66. The molecule has 0 saturated heterocycles. The van der Waals surface area contributed by atoms with Gasteiger partial charge < -0.3 is 14.9 Å². The van der Waals surface area contributed by atoms with Crippen LogP contribution in [0.5, 0.6) is 0 Å². The molecule has 5 aliphatic rings. The number of ketones is 1. The summed E-state index contributed by atoms with van der Waals surface area (Å²) < 4.78 is 5.06. The highest BCUT2D eigenvalue weighted by Gasteiger charge is 2.68. The van der Waals surface area contributed by atoms with E-state index in [2.05, 4.69) is 13.0 Å². The molecule has 0 aromatic carbocycles. The number of aliphatic carboxylic acids is 1. The SMILES string of the molecule is CC.CC.COC(=O)C1C(C#N)CC2(CO)C(CCC3(C)C4CCC5(C(=O)O)CCCCC5C4=CC(=O)C32)C1C. The highest BCUT2D eigenvalue weighted by atomic mass is 16.5. The molecule has 10 atom stereocenters. The summed E-state index contributed by atoms with van der Waals surface area (Å²) in [7, 11) is 1.35. The summed E-state index contributed by atoms with van der Waals surface area (Å²) >= 11 is 0. The first-order valence-corrected chi connectivity index (χ1v) is 15.7. The average molecular weight is 558 g/mol. The van der Waals surface area contributed by atoms with Gasteiger partial charge in [-0.3, -0.25) is 14.4 Å². The molecule has 4 saturated carbocycles. The summed E-state index contributed by atoms with van der Waals surface area (Å²) in [5, 5.41) is 31.3. The maximum absolute atomic E-state index is 14.1. The maximum atomic E-state index is 14.1. The molecule has 4 fully saturated rings. The Balaban J connectivity index is 0.00000106. The zero-order valence-corrected chi connectivity index (χ0v) is 25.7. The van der Waals surface area contributed by atoms with Gasteiger partial charge in [0.1, 0.15) is 0 Å². The number of aliphatic hydroxyl groups is 1. The van der Waals surface area contributed by atoms with Crippen LogP contribution < -0.4 is 0 Å². The fourth-order valence-corrected chi connectivity index (χ4v) is 10.2. The third-order valence-electron chi connectivity index (χ3n) is 11.7. The Bertz CT molecular complexity index is 1050. The molecule has 2 N–H and O–H groups in total. The molecule has 0 aromatic rings. The van der Waals surface area contributed by atoms with Gasteiger partial charge in [0.15, 0.2) is 5.78 Å². The fraction of sp³-hybridized carbons (Fsp3) is 0.818. The lowest BCUT2D eigenvalue weighted by molar-refractivity contribution is -0.192. The third kappa shape index (κ3) is 4.53. The van der Waals surface area contributed by atoms with Crippen LogP contribution in [-0.2, 0) is 19.1 Å². The standard InChI is InChI=1S/C29H39NO6.2C2H6/c1-16-19-7-10-27(2)20-8-11-28(26(34)35)9-5-4-6-21(28)18(20)12-22(32)24(27)29(19,15-31)13-17(14-30)23(16)25(33)36-3;2*1-2/h12,16-17,19-21,23-24,31H,4-11,13,15H2,1-3H3,(H,34,35);2*1-2H3. The predicted octanol–water partition coefficient (Wildman–Crippen LogP) is 6.20. The number of nitrogens with zero attached hydrogens (tertiary/aromatic N) is 1. The average Bonchev–Trinajstić information content (AvgIpc) is 2.97. The number of nitriles is 1. The summed E-state index contributed by atoms with van der Waals surface area (Å²) in [4.78, 5) is 39.3. The number of carboxylic acid groups (broad SMARTS) is 1. The molecule has 0 amide bonds. The Morgan fingerprint density at radius 2 is 1.75 bits per heavy atom. The van der Waals surface area contributed by atoms with Gasteiger partial charge in [-0.05, 0) is 80.1 Å². The van der Waals surface area contributed by atoms with Crippen molar-refractivity contribution < 1.29 is 29.3 Å². The summed E-state index contributed by atoms with van der Waals surface area (Å²) in [6, 6.07) is 2.32. The number of hydrogen-bond acceptors (Lipinski definition) is 6. The highest BCUT2D eigenvalue weighted by Crippen LogP contribution is 2.70. The molecule has 5 rings (SSSR count). The number of esters is 1. The van der Waals surface area contributed by atoms with E-state index in [1.807, 2.05) is 34.6 Å². The first-order valence-electron chi connectivity index (χ1n) is 15.7. The van der Waals surface area contributed by atoms with E-state index in [-0.39, 0.29) is 42.0 Å². The molecule has 0 spiro atoms. The molecule has 7 nitrogen and oxygen atoms in total. The van der Waals surface area contributed by atoms with Crippen molar-refractivity contribution in [1.29, 1.82) is 5.26 Å². The zero-order chi connectivity index (χ0) is 30.0.